The minimum Gasteiger partial charge on any atom is -0.326 e. The predicted octanol–water partition coefficient (Wildman–Crippen LogP) is 6.01. The molecule has 2 N–H and O–H groups in total. The van der Waals surface area contributed by atoms with Gasteiger partial charge in [0.15, 0.2) is 0 Å². The first-order valence-corrected chi connectivity index (χ1v) is 11.2. The number of rotatable bonds is 7. The van der Waals surface area contributed by atoms with Crippen LogP contribution in [-0.2, 0) is 9.59 Å². The first-order chi connectivity index (χ1) is 15.6. The smallest absolute Gasteiger partial charge is 0.240 e. The molecule has 0 spiro atoms. The number of nitrogens with one attached hydrogen (secondary N) is 2. The molecular formula is C26H22BrN3O2. The lowest BCUT2D eigenvalue weighted by Gasteiger charge is -2.08. The van der Waals surface area contributed by atoms with E-state index in [-0.39, 0.29) is 24.7 Å². The molecular weight excluding hydrogens is 466 g/mol. The van der Waals surface area contributed by atoms with Crippen LogP contribution in [-0.4, -0.2) is 18.0 Å². The molecule has 0 aliphatic heterocycles. The summed E-state index contributed by atoms with van der Waals surface area (Å²) in [7, 11) is 0. The Bertz CT molecular complexity index is 1260. The maximum Gasteiger partial charge on any atom is 0.240 e. The Kier molecular flexibility index (Phi) is 6.92. The van der Waals surface area contributed by atoms with Gasteiger partial charge < -0.3 is 5.32 Å². The third-order valence-corrected chi connectivity index (χ3v) is 5.61. The third-order valence-electron chi connectivity index (χ3n) is 5.11. The summed E-state index contributed by atoms with van der Waals surface area (Å²) in [6.07, 6.45) is 2.62. The van der Waals surface area contributed by atoms with Crippen LogP contribution < -0.4 is 10.7 Å². The van der Waals surface area contributed by atoms with Gasteiger partial charge in [-0.1, -0.05) is 70.5 Å². The van der Waals surface area contributed by atoms with Gasteiger partial charge in [-0.3, -0.25) is 9.59 Å². The Morgan fingerprint density at radius 2 is 1.47 bits per heavy atom. The van der Waals surface area contributed by atoms with Gasteiger partial charge in [0.25, 0.3) is 0 Å². The van der Waals surface area contributed by atoms with Crippen molar-refractivity contribution in [2.45, 2.75) is 19.3 Å². The summed E-state index contributed by atoms with van der Waals surface area (Å²) in [6.45, 7) is 0. The average molecular weight is 488 g/mol. The van der Waals surface area contributed by atoms with Crippen molar-refractivity contribution >= 4 is 61.2 Å². The zero-order valence-corrected chi connectivity index (χ0v) is 18.9. The van der Waals surface area contributed by atoms with Gasteiger partial charge in [0.2, 0.25) is 11.8 Å². The zero-order chi connectivity index (χ0) is 22.3. The molecule has 0 radical (unpaired) electrons. The lowest BCUT2D eigenvalue weighted by Crippen LogP contribution is -2.18. The fraction of sp³-hybridized carbons (Fsp3) is 0.115. The first-order valence-electron chi connectivity index (χ1n) is 10.4. The maximum atomic E-state index is 12.2. The van der Waals surface area contributed by atoms with Crippen molar-refractivity contribution in [2.24, 2.45) is 5.10 Å². The number of nitrogens with zero attached hydrogens (tertiary/aromatic N) is 1. The van der Waals surface area contributed by atoms with E-state index in [0.717, 1.165) is 37.3 Å². The van der Waals surface area contributed by atoms with Crippen molar-refractivity contribution in [1.82, 2.24) is 5.43 Å². The number of carbonyl (C=O) groups excluding carboxylic acids is 2. The van der Waals surface area contributed by atoms with Crippen LogP contribution in [0.5, 0.6) is 0 Å². The van der Waals surface area contributed by atoms with Gasteiger partial charge in [-0.25, -0.2) is 5.43 Å². The van der Waals surface area contributed by atoms with Crippen molar-refractivity contribution in [1.29, 1.82) is 0 Å². The molecule has 4 aromatic rings. The van der Waals surface area contributed by atoms with Crippen LogP contribution in [0.4, 0.5) is 5.69 Å². The van der Waals surface area contributed by atoms with E-state index in [0.29, 0.717) is 6.42 Å². The lowest BCUT2D eigenvalue weighted by molar-refractivity contribution is -0.121. The fourth-order valence-electron chi connectivity index (χ4n) is 3.61. The number of hydrogen-bond donors (Lipinski definition) is 2. The van der Waals surface area contributed by atoms with E-state index in [1.807, 2.05) is 48.5 Å². The lowest BCUT2D eigenvalue weighted by atomic mass is 9.97. The summed E-state index contributed by atoms with van der Waals surface area (Å²) >= 11 is 3.37. The highest BCUT2D eigenvalue weighted by molar-refractivity contribution is 9.10. The molecule has 32 heavy (non-hydrogen) atoms. The van der Waals surface area contributed by atoms with Crippen molar-refractivity contribution in [2.75, 3.05) is 5.32 Å². The molecule has 0 saturated carbocycles. The second-order valence-corrected chi connectivity index (χ2v) is 8.35. The van der Waals surface area contributed by atoms with Crippen molar-refractivity contribution in [3.05, 3.63) is 88.9 Å². The molecule has 0 fully saturated rings. The molecule has 0 aliphatic carbocycles. The Morgan fingerprint density at radius 3 is 2.16 bits per heavy atom. The van der Waals surface area contributed by atoms with E-state index >= 15 is 0 Å². The van der Waals surface area contributed by atoms with Gasteiger partial charge in [0.1, 0.15) is 0 Å². The second-order valence-electron chi connectivity index (χ2n) is 7.44. The Hall–Kier alpha value is -3.51. The van der Waals surface area contributed by atoms with E-state index in [4.69, 9.17) is 0 Å². The number of fused-ring (bicyclic) bond motifs is 2. The van der Waals surface area contributed by atoms with Crippen LogP contribution in [0.25, 0.3) is 21.5 Å². The summed E-state index contributed by atoms with van der Waals surface area (Å²) in [5.74, 6) is -0.345. The van der Waals surface area contributed by atoms with Crippen LogP contribution in [0.2, 0.25) is 0 Å². The average Bonchev–Trinajstić information content (AvgIpc) is 2.78. The maximum absolute atomic E-state index is 12.2. The van der Waals surface area contributed by atoms with Gasteiger partial charge in [-0.2, -0.15) is 5.10 Å². The van der Waals surface area contributed by atoms with E-state index in [2.05, 4.69) is 62.1 Å². The third kappa shape index (κ3) is 5.39. The highest BCUT2D eigenvalue weighted by atomic mass is 79.9. The van der Waals surface area contributed by atoms with Crippen LogP contribution in [0.3, 0.4) is 0 Å². The molecule has 4 aromatic carbocycles. The Labute approximate surface area is 194 Å². The van der Waals surface area contributed by atoms with Gasteiger partial charge >= 0.3 is 0 Å². The molecule has 6 heteroatoms. The van der Waals surface area contributed by atoms with Gasteiger partial charge in [0, 0.05) is 28.6 Å². The second kappa shape index (κ2) is 10.2. The molecule has 0 aromatic heterocycles. The summed E-state index contributed by atoms with van der Waals surface area (Å²) in [6, 6.07) is 25.8. The minimum atomic E-state index is -0.221. The molecule has 5 nitrogen and oxygen atoms in total. The van der Waals surface area contributed by atoms with Crippen LogP contribution in [0.1, 0.15) is 24.8 Å². The molecule has 0 unspecified atom stereocenters. The quantitative estimate of drug-likeness (QED) is 0.190. The standard InChI is InChI=1S/C26H22BrN3O2/c27-20-9-5-10-21(16-20)29-25(31)13-6-14-26(32)30-28-17-24-22-11-3-1-7-18(22)15-19-8-2-4-12-23(19)24/h1-5,7-12,15-17H,6,13-14H2,(H,29,31)(H,30,32)/b28-17-. The highest BCUT2D eigenvalue weighted by Gasteiger charge is 2.07. The fourth-order valence-corrected chi connectivity index (χ4v) is 4.01. The Balaban J connectivity index is 1.34. The van der Waals surface area contributed by atoms with Gasteiger partial charge in [-0.05, 0) is 52.2 Å². The van der Waals surface area contributed by atoms with Crippen molar-refractivity contribution < 1.29 is 9.59 Å². The van der Waals surface area contributed by atoms with Crippen molar-refractivity contribution in [3.8, 4) is 0 Å². The molecule has 2 amide bonds. The number of carbonyl (C=O) groups is 2. The molecule has 160 valence electrons. The summed E-state index contributed by atoms with van der Waals surface area (Å²) < 4.78 is 0.895. The van der Waals surface area contributed by atoms with E-state index in [9.17, 15) is 9.59 Å². The van der Waals surface area contributed by atoms with E-state index < -0.39 is 0 Å². The van der Waals surface area contributed by atoms with Gasteiger partial charge in [0.05, 0.1) is 6.21 Å². The molecule has 0 aliphatic rings. The largest absolute Gasteiger partial charge is 0.326 e. The molecule has 0 bridgehead atoms. The monoisotopic (exact) mass is 487 g/mol. The minimum absolute atomic E-state index is 0.123. The molecule has 0 atom stereocenters. The van der Waals surface area contributed by atoms with Crippen molar-refractivity contribution in [3.63, 3.8) is 0 Å². The number of hydrazone groups is 1. The van der Waals surface area contributed by atoms with Crippen LogP contribution in [0.15, 0.2) is 88.4 Å². The highest BCUT2D eigenvalue weighted by Crippen LogP contribution is 2.27. The summed E-state index contributed by atoms with van der Waals surface area (Å²) in [5, 5.41) is 11.4. The number of amides is 2. The number of anilines is 1. The van der Waals surface area contributed by atoms with Crippen LogP contribution in [0, 0.1) is 0 Å². The summed E-state index contributed by atoms with van der Waals surface area (Å²) in [5.41, 5.74) is 4.27. The van der Waals surface area contributed by atoms with Gasteiger partial charge in [-0.15, -0.1) is 0 Å². The SMILES string of the molecule is O=C(CCCC(=O)Nc1cccc(Br)c1)N/N=C\c1c2ccccc2cc2ccccc12. The topological polar surface area (TPSA) is 70.6 Å². The zero-order valence-electron chi connectivity index (χ0n) is 17.3. The predicted molar refractivity (Wildman–Crippen MR) is 134 cm³/mol. The molecule has 4 rings (SSSR count). The normalized spacial score (nSPS) is 11.2. The first kappa shape index (κ1) is 21.7. The van der Waals surface area contributed by atoms with E-state index in [1.54, 1.807) is 6.21 Å². The molecule has 0 saturated heterocycles. The number of hydrogen-bond acceptors (Lipinski definition) is 3. The Morgan fingerprint density at radius 1 is 0.812 bits per heavy atom. The summed E-state index contributed by atoms with van der Waals surface area (Å²) in [4.78, 5) is 24.2. The molecule has 0 heterocycles. The number of benzene rings is 4. The van der Waals surface area contributed by atoms with E-state index in [1.165, 1.54) is 0 Å². The van der Waals surface area contributed by atoms with Crippen LogP contribution >= 0.6 is 15.9 Å². The number of halogens is 1.